The molecule has 21 heavy (non-hydrogen) atoms. The van der Waals surface area contributed by atoms with Gasteiger partial charge in [0, 0.05) is 6.07 Å². The maximum absolute atomic E-state index is 11.9. The van der Waals surface area contributed by atoms with Gasteiger partial charge in [0.1, 0.15) is 18.2 Å². The SMILES string of the molecule is CCc1ccc(OCc2cc(=O)n3[nH]c(C)nc3n2)cc1. The van der Waals surface area contributed by atoms with Gasteiger partial charge in [0.15, 0.2) is 0 Å². The van der Waals surface area contributed by atoms with E-state index in [2.05, 4.69) is 22.0 Å². The van der Waals surface area contributed by atoms with Gasteiger partial charge in [-0.15, -0.1) is 0 Å². The average molecular weight is 284 g/mol. The Morgan fingerprint density at radius 3 is 2.71 bits per heavy atom. The predicted octanol–water partition coefficient (Wildman–Crippen LogP) is 1.87. The largest absolute Gasteiger partial charge is 0.487 e. The minimum Gasteiger partial charge on any atom is -0.487 e. The van der Waals surface area contributed by atoms with E-state index in [1.165, 1.54) is 16.1 Å². The van der Waals surface area contributed by atoms with E-state index in [1.807, 2.05) is 24.3 Å². The number of aryl methyl sites for hydroxylation is 2. The Hall–Kier alpha value is -2.63. The Morgan fingerprint density at radius 2 is 2.00 bits per heavy atom. The standard InChI is InChI=1S/C15H16N4O2/c1-3-11-4-6-13(7-5-11)21-9-12-8-14(20)19-15(17-12)16-10(2)18-19/h4-8H,3,9H2,1-2H3,(H,16,17,18). The molecule has 1 N–H and O–H groups in total. The van der Waals surface area contributed by atoms with Crippen molar-refractivity contribution >= 4 is 5.78 Å². The zero-order chi connectivity index (χ0) is 14.8. The second-order valence-electron chi connectivity index (χ2n) is 4.82. The van der Waals surface area contributed by atoms with Crippen LogP contribution in [0, 0.1) is 6.92 Å². The molecule has 0 aliphatic carbocycles. The minimum atomic E-state index is -0.194. The molecule has 0 atom stereocenters. The third-order valence-corrected chi connectivity index (χ3v) is 3.21. The van der Waals surface area contributed by atoms with Crippen LogP contribution in [0.3, 0.4) is 0 Å². The lowest BCUT2D eigenvalue weighted by atomic mass is 10.2. The first-order valence-electron chi connectivity index (χ1n) is 6.83. The first kappa shape index (κ1) is 13.4. The number of fused-ring (bicyclic) bond motifs is 1. The summed E-state index contributed by atoms with van der Waals surface area (Å²) in [5, 5.41) is 2.83. The van der Waals surface area contributed by atoms with Gasteiger partial charge in [-0.1, -0.05) is 19.1 Å². The smallest absolute Gasteiger partial charge is 0.274 e. The molecule has 6 nitrogen and oxygen atoms in total. The van der Waals surface area contributed by atoms with Crippen LogP contribution in [0.4, 0.5) is 0 Å². The van der Waals surface area contributed by atoms with Crippen molar-refractivity contribution in [1.29, 1.82) is 0 Å². The highest BCUT2D eigenvalue weighted by Crippen LogP contribution is 2.13. The Labute approximate surface area is 121 Å². The Balaban J connectivity index is 1.79. The van der Waals surface area contributed by atoms with E-state index >= 15 is 0 Å². The van der Waals surface area contributed by atoms with Crippen molar-refractivity contribution in [1.82, 2.24) is 19.6 Å². The summed E-state index contributed by atoms with van der Waals surface area (Å²) in [6.07, 6.45) is 0.994. The third kappa shape index (κ3) is 2.79. The van der Waals surface area contributed by atoms with Crippen molar-refractivity contribution in [2.24, 2.45) is 0 Å². The van der Waals surface area contributed by atoms with Crippen molar-refractivity contribution in [2.75, 3.05) is 0 Å². The van der Waals surface area contributed by atoms with Crippen LogP contribution in [-0.4, -0.2) is 19.6 Å². The second kappa shape index (κ2) is 5.40. The number of aromatic nitrogens is 4. The summed E-state index contributed by atoms with van der Waals surface area (Å²) in [5.41, 5.74) is 1.62. The van der Waals surface area contributed by atoms with Crippen LogP contribution in [-0.2, 0) is 13.0 Å². The first-order valence-corrected chi connectivity index (χ1v) is 6.83. The van der Waals surface area contributed by atoms with Crippen LogP contribution in [0.2, 0.25) is 0 Å². The summed E-state index contributed by atoms with van der Waals surface area (Å²) in [5.74, 6) is 1.76. The monoisotopic (exact) mass is 284 g/mol. The van der Waals surface area contributed by atoms with Crippen LogP contribution < -0.4 is 10.3 Å². The van der Waals surface area contributed by atoms with E-state index in [0.717, 1.165) is 12.2 Å². The normalized spacial score (nSPS) is 11.0. The Bertz CT molecular complexity index is 818. The summed E-state index contributed by atoms with van der Waals surface area (Å²) >= 11 is 0. The molecule has 0 amide bonds. The van der Waals surface area contributed by atoms with E-state index in [9.17, 15) is 4.79 Å². The lowest BCUT2D eigenvalue weighted by molar-refractivity contribution is 0.301. The number of hydrogen-bond donors (Lipinski definition) is 1. The van der Waals surface area contributed by atoms with E-state index in [0.29, 0.717) is 17.3 Å². The van der Waals surface area contributed by atoms with Crippen LogP contribution in [0.5, 0.6) is 5.75 Å². The lowest BCUT2D eigenvalue weighted by Gasteiger charge is -2.06. The minimum absolute atomic E-state index is 0.194. The zero-order valence-corrected chi connectivity index (χ0v) is 12.0. The molecule has 0 bridgehead atoms. The highest BCUT2D eigenvalue weighted by molar-refractivity contribution is 5.29. The molecule has 2 heterocycles. The molecule has 0 aliphatic rings. The quantitative estimate of drug-likeness (QED) is 0.794. The third-order valence-electron chi connectivity index (χ3n) is 3.21. The maximum atomic E-state index is 11.9. The van der Waals surface area contributed by atoms with Gasteiger partial charge in [-0.3, -0.25) is 9.89 Å². The number of H-pyrrole nitrogens is 1. The summed E-state index contributed by atoms with van der Waals surface area (Å²) in [6.45, 7) is 4.12. The van der Waals surface area contributed by atoms with Gasteiger partial charge >= 0.3 is 0 Å². The van der Waals surface area contributed by atoms with Crippen molar-refractivity contribution in [3.05, 3.63) is 57.8 Å². The molecule has 108 valence electrons. The van der Waals surface area contributed by atoms with E-state index in [1.54, 1.807) is 6.92 Å². The summed E-state index contributed by atoms with van der Waals surface area (Å²) in [4.78, 5) is 20.4. The molecule has 0 saturated carbocycles. The number of rotatable bonds is 4. The fraction of sp³-hybridized carbons (Fsp3) is 0.267. The first-order chi connectivity index (χ1) is 10.2. The molecule has 2 aromatic heterocycles. The van der Waals surface area contributed by atoms with E-state index in [4.69, 9.17) is 4.74 Å². The highest BCUT2D eigenvalue weighted by Gasteiger charge is 2.06. The van der Waals surface area contributed by atoms with Crippen LogP contribution >= 0.6 is 0 Å². The second-order valence-corrected chi connectivity index (χ2v) is 4.82. The van der Waals surface area contributed by atoms with Crippen molar-refractivity contribution in [3.8, 4) is 5.75 Å². The van der Waals surface area contributed by atoms with Crippen molar-refractivity contribution < 1.29 is 4.74 Å². The van der Waals surface area contributed by atoms with Gasteiger partial charge in [0.25, 0.3) is 11.3 Å². The average Bonchev–Trinajstić information content (AvgIpc) is 2.87. The molecule has 3 aromatic rings. The zero-order valence-electron chi connectivity index (χ0n) is 12.0. The van der Waals surface area contributed by atoms with Gasteiger partial charge in [0.05, 0.1) is 5.69 Å². The summed E-state index contributed by atoms with van der Waals surface area (Å²) in [6, 6.07) is 9.34. The maximum Gasteiger partial charge on any atom is 0.274 e. The predicted molar refractivity (Wildman–Crippen MR) is 78.5 cm³/mol. The molecule has 6 heteroatoms. The molecule has 3 rings (SSSR count). The molecule has 0 fully saturated rings. The number of hydrogen-bond acceptors (Lipinski definition) is 4. The van der Waals surface area contributed by atoms with Gasteiger partial charge in [-0.25, -0.2) is 4.98 Å². The Morgan fingerprint density at radius 1 is 1.24 bits per heavy atom. The van der Waals surface area contributed by atoms with Crippen LogP contribution in [0.1, 0.15) is 24.0 Å². The molecule has 1 aromatic carbocycles. The highest BCUT2D eigenvalue weighted by atomic mass is 16.5. The van der Waals surface area contributed by atoms with Gasteiger partial charge in [0.2, 0.25) is 0 Å². The number of benzene rings is 1. The number of nitrogens with zero attached hydrogens (tertiary/aromatic N) is 3. The molecular formula is C15H16N4O2. The molecule has 0 unspecified atom stereocenters. The van der Waals surface area contributed by atoms with Crippen LogP contribution in [0.15, 0.2) is 35.1 Å². The molecular weight excluding hydrogens is 268 g/mol. The van der Waals surface area contributed by atoms with Crippen LogP contribution in [0.25, 0.3) is 5.78 Å². The topological polar surface area (TPSA) is 72.3 Å². The lowest BCUT2D eigenvalue weighted by Crippen LogP contribution is -2.16. The van der Waals surface area contributed by atoms with Gasteiger partial charge in [-0.05, 0) is 31.0 Å². The van der Waals surface area contributed by atoms with Gasteiger partial charge in [-0.2, -0.15) is 9.50 Å². The number of nitrogens with one attached hydrogen (secondary N) is 1. The number of aromatic amines is 1. The molecule has 0 radical (unpaired) electrons. The summed E-state index contributed by atoms with van der Waals surface area (Å²) < 4.78 is 6.97. The van der Waals surface area contributed by atoms with Gasteiger partial charge < -0.3 is 4.74 Å². The van der Waals surface area contributed by atoms with E-state index in [-0.39, 0.29) is 12.2 Å². The fourth-order valence-electron chi connectivity index (χ4n) is 2.09. The molecule has 0 spiro atoms. The van der Waals surface area contributed by atoms with Crippen molar-refractivity contribution in [3.63, 3.8) is 0 Å². The Kier molecular flexibility index (Phi) is 3.43. The summed E-state index contributed by atoms with van der Waals surface area (Å²) in [7, 11) is 0. The molecule has 0 saturated heterocycles. The fourth-order valence-corrected chi connectivity index (χ4v) is 2.09. The number of ether oxygens (including phenoxy) is 1. The van der Waals surface area contributed by atoms with Crippen molar-refractivity contribution in [2.45, 2.75) is 26.9 Å². The van der Waals surface area contributed by atoms with E-state index < -0.39 is 0 Å². The molecule has 0 aliphatic heterocycles.